The Bertz CT molecular complexity index is 738. The Morgan fingerprint density at radius 2 is 1.96 bits per heavy atom. The molecule has 0 radical (unpaired) electrons. The molecule has 0 aliphatic carbocycles. The molecule has 0 spiro atoms. The Balaban J connectivity index is 1.78. The van der Waals surface area contributed by atoms with Gasteiger partial charge >= 0.3 is 0 Å². The van der Waals surface area contributed by atoms with E-state index in [1.807, 2.05) is 6.07 Å². The maximum Gasteiger partial charge on any atom is 0.287 e. The second-order valence-corrected chi connectivity index (χ2v) is 6.21. The monoisotopic (exact) mass is 332 g/mol. The molecule has 1 N–H and O–H groups in total. The quantitative estimate of drug-likeness (QED) is 0.935. The van der Waals surface area contributed by atoms with Gasteiger partial charge in [0, 0.05) is 32.4 Å². The number of anilines is 2. The Morgan fingerprint density at radius 3 is 2.74 bits per heavy atom. The van der Waals surface area contributed by atoms with Crippen molar-refractivity contribution >= 4 is 23.0 Å². The van der Waals surface area contributed by atoms with Gasteiger partial charge in [-0.2, -0.15) is 5.10 Å². The summed E-state index contributed by atoms with van der Waals surface area (Å²) in [6.45, 7) is 2.82. The van der Waals surface area contributed by atoms with Gasteiger partial charge in [0.05, 0.1) is 11.9 Å². The van der Waals surface area contributed by atoms with E-state index in [4.69, 9.17) is 11.6 Å². The van der Waals surface area contributed by atoms with E-state index in [0.29, 0.717) is 12.2 Å². The van der Waals surface area contributed by atoms with E-state index in [2.05, 4.69) is 33.5 Å². The Labute approximate surface area is 140 Å². The van der Waals surface area contributed by atoms with Gasteiger partial charge in [0.15, 0.2) is 0 Å². The summed E-state index contributed by atoms with van der Waals surface area (Å²) in [6.07, 6.45) is 5.39. The summed E-state index contributed by atoms with van der Waals surface area (Å²) < 4.78 is 1.23. The maximum atomic E-state index is 11.8. The van der Waals surface area contributed by atoms with Crippen molar-refractivity contribution in [2.45, 2.75) is 25.8 Å². The van der Waals surface area contributed by atoms with Gasteiger partial charge in [0.1, 0.15) is 5.02 Å². The van der Waals surface area contributed by atoms with Crippen LogP contribution in [0.2, 0.25) is 5.02 Å². The minimum atomic E-state index is -0.291. The van der Waals surface area contributed by atoms with Gasteiger partial charge in [-0.3, -0.25) is 4.79 Å². The molecule has 0 saturated carbocycles. The zero-order valence-corrected chi connectivity index (χ0v) is 14.0. The fraction of sp³-hybridized carbons (Fsp3) is 0.412. The van der Waals surface area contributed by atoms with Crippen molar-refractivity contribution in [2.24, 2.45) is 7.05 Å². The first-order chi connectivity index (χ1) is 11.2. The number of aryl methyl sites for hydroxylation is 1. The molecule has 5 nitrogen and oxygen atoms in total. The van der Waals surface area contributed by atoms with Crippen molar-refractivity contribution in [1.29, 1.82) is 0 Å². The lowest BCUT2D eigenvalue weighted by atomic mass is 10.1. The summed E-state index contributed by atoms with van der Waals surface area (Å²) in [5, 5.41) is 7.43. The number of aromatic nitrogens is 2. The van der Waals surface area contributed by atoms with Crippen LogP contribution < -0.4 is 15.8 Å². The summed E-state index contributed by atoms with van der Waals surface area (Å²) in [5.41, 5.74) is 2.74. The summed E-state index contributed by atoms with van der Waals surface area (Å²) in [4.78, 5) is 14.3. The first-order valence-electron chi connectivity index (χ1n) is 7.95. The highest BCUT2D eigenvalue weighted by Crippen LogP contribution is 2.25. The molecule has 0 bridgehead atoms. The Morgan fingerprint density at radius 1 is 1.22 bits per heavy atom. The molecule has 23 heavy (non-hydrogen) atoms. The number of para-hydroxylation sites is 1. The van der Waals surface area contributed by atoms with Gasteiger partial charge in [-0.05, 0) is 30.9 Å². The zero-order valence-electron chi connectivity index (χ0n) is 13.3. The first kappa shape index (κ1) is 15.9. The van der Waals surface area contributed by atoms with E-state index < -0.39 is 0 Å². The predicted octanol–water partition coefficient (Wildman–Crippen LogP) is 3.04. The van der Waals surface area contributed by atoms with Crippen LogP contribution in [0.5, 0.6) is 0 Å². The molecule has 6 heteroatoms. The summed E-state index contributed by atoms with van der Waals surface area (Å²) in [7, 11) is 1.59. The lowest BCUT2D eigenvalue weighted by Crippen LogP contribution is -2.30. The second kappa shape index (κ2) is 7.04. The molecule has 0 unspecified atom stereocenters. The molecule has 1 aliphatic heterocycles. The fourth-order valence-corrected chi connectivity index (χ4v) is 3.17. The average Bonchev–Trinajstić information content (AvgIpc) is 2.60. The third kappa shape index (κ3) is 3.50. The van der Waals surface area contributed by atoms with Crippen molar-refractivity contribution in [1.82, 2.24) is 9.78 Å². The Kier molecular flexibility index (Phi) is 4.86. The van der Waals surface area contributed by atoms with Crippen LogP contribution in [-0.4, -0.2) is 22.9 Å². The van der Waals surface area contributed by atoms with Crippen LogP contribution in [-0.2, 0) is 13.6 Å². The second-order valence-electron chi connectivity index (χ2n) is 5.83. The molecule has 122 valence electrons. The average molecular weight is 333 g/mol. The number of halogens is 1. The van der Waals surface area contributed by atoms with Gasteiger partial charge < -0.3 is 10.2 Å². The lowest BCUT2D eigenvalue weighted by molar-refractivity contribution is 0.576. The van der Waals surface area contributed by atoms with Crippen molar-refractivity contribution < 1.29 is 0 Å². The molecule has 1 saturated heterocycles. The predicted molar refractivity (Wildman–Crippen MR) is 94.3 cm³/mol. The standard InChI is InChI=1S/C17H21ClN4O/c1-21-17(23)16(18)14(12-20-21)19-11-13-7-3-4-8-15(13)22-9-5-2-6-10-22/h3-4,7-8,12,19H,2,5-6,9-11H2,1H3. The van der Waals surface area contributed by atoms with Crippen LogP contribution in [0, 0.1) is 0 Å². The smallest absolute Gasteiger partial charge is 0.287 e. The SMILES string of the molecule is Cn1ncc(NCc2ccccc2N2CCCCC2)c(Cl)c1=O. The molecule has 2 aromatic rings. The van der Waals surface area contributed by atoms with E-state index in [1.165, 1.54) is 35.2 Å². The molecule has 2 heterocycles. The summed E-state index contributed by atoms with van der Waals surface area (Å²) in [5.74, 6) is 0. The number of rotatable bonds is 4. The van der Waals surface area contributed by atoms with Crippen molar-refractivity contribution in [3.8, 4) is 0 Å². The summed E-state index contributed by atoms with van der Waals surface area (Å²) >= 11 is 6.11. The lowest BCUT2D eigenvalue weighted by Gasteiger charge is -2.30. The van der Waals surface area contributed by atoms with E-state index in [-0.39, 0.29) is 10.6 Å². The highest BCUT2D eigenvalue weighted by Gasteiger charge is 2.14. The van der Waals surface area contributed by atoms with E-state index >= 15 is 0 Å². The van der Waals surface area contributed by atoms with Gasteiger partial charge in [0.25, 0.3) is 5.56 Å². The van der Waals surface area contributed by atoms with Crippen LogP contribution in [0.1, 0.15) is 24.8 Å². The maximum absolute atomic E-state index is 11.8. The fourth-order valence-electron chi connectivity index (χ4n) is 2.93. The van der Waals surface area contributed by atoms with Crippen LogP contribution in [0.15, 0.2) is 35.3 Å². The number of piperidine rings is 1. The third-order valence-corrected chi connectivity index (χ3v) is 4.60. The van der Waals surface area contributed by atoms with Crippen LogP contribution in [0.3, 0.4) is 0 Å². The van der Waals surface area contributed by atoms with Gasteiger partial charge in [-0.1, -0.05) is 29.8 Å². The first-order valence-corrected chi connectivity index (χ1v) is 8.33. The topological polar surface area (TPSA) is 50.2 Å². The largest absolute Gasteiger partial charge is 0.378 e. The molecule has 1 aromatic carbocycles. The number of nitrogens with zero attached hydrogens (tertiary/aromatic N) is 3. The number of nitrogens with one attached hydrogen (secondary N) is 1. The summed E-state index contributed by atoms with van der Waals surface area (Å²) in [6, 6.07) is 8.38. The van der Waals surface area contributed by atoms with Crippen molar-refractivity contribution in [2.75, 3.05) is 23.3 Å². The van der Waals surface area contributed by atoms with Gasteiger partial charge in [-0.15, -0.1) is 0 Å². The van der Waals surface area contributed by atoms with Crippen molar-refractivity contribution in [3.05, 3.63) is 51.4 Å². The van der Waals surface area contributed by atoms with E-state index in [9.17, 15) is 4.79 Å². The van der Waals surface area contributed by atoms with Gasteiger partial charge in [-0.25, -0.2) is 4.68 Å². The molecule has 1 fully saturated rings. The van der Waals surface area contributed by atoms with Crippen LogP contribution >= 0.6 is 11.6 Å². The number of hydrogen-bond acceptors (Lipinski definition) is 4. The molecule has 1 aliphatic rings. The van der Waals surface area contributed by atoms with E-state index in [1.54, 1.807) is 13.2 Å². The van der Waals surface area contributed by atoms with Crippen molar-refractivity contribution in [3.63, 3.8) is 0 Å². The van der Waals surface area contributed by atoms with Crippen LogP contribution in [0.25, 0.3) is 0 Å². The number of benzene rings is 1. The molecule has 1 aromatic heterocycles. The third-order valence-electron chi connectivity index (χ3n) is 4.24. The molecule has 3 rings (SSSR count). The minimum absolute atomic E-state index is 0.179. The van der Waals surface area contributed by atoms with E-state index in [0.717, 1.165) is 13.1 Å². The molecule has 0 atom stereocenters. The zero-order chi connectivity index (χ0) is 16.2. The molecule has 0 amide bonds. The Hall–Kier alpha value is -2.01. The van der Waals surface area contributed by atoms with Crippen LogP contribution in [0.4, 0.5) is 11.4 Å². The minimum Gasteiger partial charge on any atom is -0.378 e. The molecular weight excluding hydrogens is 312 g/mol. The number of hydrogen-bond donors (Lipinski definition) is 1. The highest BCUT2D eigenvalue weighted by molar-refractivity contribution is 6.32. The van der Waals surface area contributed by atoms with Gasteiger partial charge in [0.2, 0.25) is 0 Å². The molecular formula is C17H21ClN4O. The highest BCUT2D eigenvalue weighted by atomic mass is 35.5. The normalized spacial score (nSPS) is 14.8.